The first-order valence-electron chi connectivity index (χ1n) is 1.30. The second-order valence-corrected chi connectivity index (χ2v) is 3.98. The molecule has 0 aromatic carbocycles. The molecule has 8 nitrogen and oxygen atoms in total. The van der Waals surface area contributed by atoms with Crippen molar-refractivity contribution < 1.29 is 26.8 Å². The summed E-state index contributed by atoms with van der Waals surface area (Å²) >= 11 is -2.70. The van der Waals surface area contributed by atoms with E-state index in [1.165, 1.54) is 0 Å². The van der Waals surface area contributed by atoms with Gasteiger partial charge in [-0.05, 0) is 0 Å². The molecule has 0 rings (SSSR count). The van der Waals surface area contributed by atoms with Crippen LogP contribution in [0, 0.1) is 10.1 Å². The molecule has 0 saturated heterocycles. The van der Waals surface area contributed by atoms with E-state index in [4.69, 9.17) is 32.8 Å². The van der Waals surface area contributed by atoms with Crippen molar-refractivity contribution in [1.82, 2.24) is 0 Å². The van der Waals surface area contributed by atoms with E-state index in [-0.39, 0.29) is 0 Å². The van der Waals surface area contributed by atoms with Crippen molar-refractivity contribution in [2.45, 2.75) is 0 Å². The average molecular weight is 234 g/mol. The fourth-order valence-electron chi connectivity index (χ4n) is 0. The van der Waals surface area contributed by atoms with Crippen molar-refractivity contribution in [2.75, 3.05) is 0 Å². The SMILES string of the molecule is O=[N+]([O-])O.[NH2][Pd]([NH2])([NH2])[NH2]. The molecule has 9 heteroatoms. The Balaban J connectivity index is 0. The zero-order valence-electron chi connectivity index (χ0n) is 4.34. The van der Waals surface area contributed by atoms with E-state index in [9.17, 15) is 0 Å². The third-order valence-corrected chi connectivity index (χ3v) is 0. The van der Waals surface area contributed by atoms with Crippen LogP contribution < -0.4 is 17.5 Å². The molecule has 0 aliphatic rings. The van der Waals surface area contributed by atoms with Crippen LogP contribution in [0.2, 0.25) is 0 Å². The molecular weight excluding hydrogens is 224 g/mol. The first-order chi connectivity index (χ1) is 3.73. The molecule has 0 fully saturated rings. The van der Waals surface area contributed by atoms with Crippen molar-refractivity contribution in [3.05, 3.63) is 10.1 Å². The number of nitrogens with two attached hydrogens (primary N) is 4. The molecule has 0 aromatic heterocycles. The van der Waals surface area contributed by atoms with E-state index in [0.717, 1.165) is 0 Å². The second kappa shape index (κ2) is 4.57. The Morgan fingerprint density at radius 3 is 1.33 bits per heavy atom. The molecule has 0 atom stereocenters. The van der Waals surface area contributed by atoms with Crippen LogP contribution in [-0.4, -0.2) is 10.3 Å². The molecule has 0 spiro atoms. The van der Waals surface area contributed by atoms with Gasteiger partial charge in [0.2, 0.25) is 0 Å². The van der Waals surface area contributed by atoms with Crippen molar-refractivity contribution in [3.8, 4) is 0 Å². The number of rotatable bonds is 0. The van der Waals surface area contributed by atoms with Gasteiger partial charge in [0.15, 0.2) is 0 Å². The van der Waals surface area contributed by atoms with Gasteiger partial charge in [-0.1, -0.05) is 0 Å². The predicted octanol–water partition coefficient (Wildman–Crippen LogP) is -2.71. The molecule has 9 N–H and O–H groups in total. The van der Waals surface area contributed by atoms with Crippen molar-refractivity contribution in [3.63, 3.8) is 0 Å². The number of hydrogen-bond donors (Lipinski definition) is 5. The zero-order valence-corrected chi connectivity index (χ0v) is 5.89. The van der Waals surface area contributed by atoms with Gasteiger partial charge >= 0.3 is 34.0 Å². The van der Waals surface area contributed by atoms with Crippen LogP contribution in [0.25, 0.3) is 0 Å². The molecule has 0 bridgehead atoms. The average Bonchev–Trinajstić information content (AvgIpc) is 1.19. The first-order valence-corrected chi connectivity index (χ1v) is 4.89. The van der Waals surface area contributed by atoms with Gasteiger partial charge in [-0.2, -0.15) is 0 Å². The summed E-state index contributed by atoms with van der Waals surface area (Å²) < 4.78 is 19.4. The summed E-state index contributed by atoms with van der Waals surface area (Å²) in [6.07, 6.45) is 0. The summed E-state index contributed by atoms with van der Waals surface area (Å²) in [6.45, 7) is 0. The summed E-state index contributed by atoms with van der Waals surface area (Å²) in [5.74, 6) is 0. The minimum atomic E-state index is -2.70. The predicted molar refractivity (Wildman–Crippen MR) is 25.5 cm³/mol. The fourth-order valence-corrected chi connectivity index (χ4v) is 0. The quantitative estimate of drug-likeness (QED) is 0.172. The zero-order chi connectivity index (χ0) is 8.08. The van der Waals surface area contributed by atoms with Gasteiger partial charge in [-0.3, -0.25) is 0 Å². The molecule has 0 radical (unpaired) electrons. The van der Waals surface area contributed by atoms with Gasteiger partial charge < -0.3 is 5.21 Å². The molecule has 0 unspecified atom stereocenters. The standard InChI is InChI=1S/HNO3.4H2N.Pd/c2-1(3)4;;;;;/h(H,2,3,4);4*1H2;/q;4*-1;+4. The van der Waals surface area contributed by atoms with Crippen LogP contribution >= 0.6 is 0 Å². The first kappa shape index (κ1) is 11.5. The van der Waals surface area contributed by atoms with Gasteiger partial charge in [-0.25, -0.2) is 0 Å². The van der Waals surface area contributed by atoms with Crippen LogP contribution in [0.1, 0.15) is 0 Å². The molecule has 0 aromatic rings. The summed E-state index contributed by atoms with van der Waals surface area (Å²) in [5.41, 5.74) is 0. The summed E-state index contributed by atoms with van der Waals surface area (Å²) in [7, 11) is 0. The molecule has 0 saturated carbocycles. The Labute approximate surface area is 55.1 Å². The summed E-state index contributed by atoms with van der Waals surface area (Å²) in [4.78, 5) is 8.36. The molecule has 0 aliphatic heterocycles. The molecule has 9 heavy (non-hydrogen) atoms. The van der Waals surface area contributed by atoms with E-state index in [1.807, 2.05) is 0 Å². The molecule has 0 amide bonds. The van der Waals surface area contributed by atoms with Crippen LogP contribution in [0.3, 0.4) is 0 Å². The number of nitrogens with zero attached hydrogens (tertiary/aromatic N) is 1. The van der Waals surface area contributed by atoms with E-state index < -0.39 is 21.6 Å². The van der Waals surface area contributed by atoms with E-state index in [1.54, 1.807) is 0 Å². The van der Waals surface area contributed by atoms with Gasteiger partial charge in [0, 0.05) is 0 Å². The summed E-state index contributed by atoms with van der Waals surface area (Å²) in [6, 6.07) is 0. The number of hydrogen-bond acceptors (Lipinski definition) is 6. The van der Waals surface area contributed by atoms with Gasteiger partial charge in [0.05, 0.1) is 0 Å². The van der Waals surface area contributed by atoms with E-state index in [0.29, 0.717) is 0 Å². The van der Waals surface area contributed by atoms with Gasteiger partial charge in [-0.15, -0.1) is 10.1 Å². The van der Waals surface area contributed by atoms with Crippen molar-refractivity contribution >= 4 is 0 Å². The second-order valence-electron chi connectivity index (χ2n) is 0.870. The molecule has 62 valence electrons. The monoisotopic (exact) mass is 233 g/mol. The maximum absolute atomic E-state index is 8.36. The molecule has 0 heterocycles. The van der Waals surface area contributed by atoms with Crippen LogP contribution in [-0.2, 0) is 16.5 Å². The minimum absolute atomic E-state index is 1.50. The molecular formula is H9N5O3Pd. The van der Waals surface area contributed by atoms with E-state index in [2.05, 4.69) is 0 Å². The topological polar surface area (TPSA) is 167 Å². The Kier molecular flexibility index (Phi) is 5.83. The Hall–Kier alpha value is -0.298. The van der Waals surface area contributed by atoms with Gasteiger partial charge in [0.1, 0.15) is 0 Å². The summed E-state index contributed by atoms with van der Waals surface area (Å²) in [5, 5.41) is 13.6. The van der Waals surface area contributed by atoms with Crippen LogP contribution in [0.5, 0.6) is 0 Å². The van der Waals surface area contributed by atoms with Crippen molar-refractivity contribution in [1.29, 1.82) is 0 Å². The van der Waals surface area contributed by atoms with E-state index >= 15 is 0 Å². The fraction of sp³-hybridized carbons (Fsp3) is 0. The Morgan fingerprint density at radius 1 is 1.33 bits per heavy atom. The molecule has 0 aliphatic carbocycles. The maximum atomic E-state index is 8.36. The Bertz CT molecular complexity index is 74.7. The van der Waals surface area contributed by atoms with Gasteiger partial charge in [0.25, 0.3) is 5.09 Å². The van der Waals surface area contributed by atoms with Crippen LogP contribution in [0.15, 0.2) is 0 Å². The van der Waals surface area contributed by atoms with Crippen molar-refractivity contribution in [2.24, 2.45) is 17.5 Å². The normalized spacial score (nSPS) is 11.1. The third kappa shape index (κ3) is 2830. The third-order valence-electron chi connectivity index (χ3n) is 0. The van der Waals surface area contributed by atoms with Crippen LogP contribution in [0.4, 0.5) is 0 Å². The Morgan fingerprint density at radius 2 is 1.33 bits per heavy atom.